The Kier molecular flexibility index (Phi) is 2.82. The number of carbonyl (C=O) groups excluding carboxylic acids is 2. The Labute approximate surface area is 97.3 Å². The number of fused-ring (bicyclic) bond motifs is 1. The average molecular weight is 233 g/mol. The first-order valence-electron chi connectivity index (χ1n) is 4.94. The summed E-state index contributed by atoms with van der Waals surface area (Å²) in [6.07, 6.45) is 1.78. The van der Waals surface area contributed by atoms with Crippen LogP contribution in [0.3, 0.4) is 0 Å². The Morgan fingerprint density at radius 3 is 2.65 bits per heavy atom. The molecule has 0 fully saturated rings. The predicted molar refractivity (Wildman–Crippen MR) is 61.8 cm³/mol. The normalized spacial score (nSPS) is 10.2. The lowest BCUT2D eigenvalue weighted by Gasteiger charge is -2.05. The van der Waals surface area contributed by atoms with E-state index in [1.807, 2.05) is 0 Å². The van der Waals surface area contributed by atoms with E-state index >= 15 is 0 Å². The number of ketones is 1. The molecule has 0 aliphatic carbocycles. The zero-order valence-corrected chi connectivity index (χ0v) is 9.44. The van der Waals surface area contributed by atoms with E-state index in [1.54, 1.807) is 12.1 Å². The van der Waals surface area contributed by atoms with E-state index < -0.39 is 5.78 Å². The molecule has 1 N–H and O–H groups in total. The van der Waals surface area contributed by atoms with Crippen molar-refractivity contribution in [2.75, 3.05) is 14.2 Å². The number of ether oxygens (including phenoxy) is 2. The van der Waals surface area contributed by atoms with Crippen LogP contribution in [0.4, 0.5) is 0 Å². The number of hydrogen-bond acceptors (Lipinski definition) is 4. The summed E-state index contributed by atoms with van der Waals surface area (Å²) < 4.78 is 10.3. The maximum atomic E-state index is 11.4. The number of benzene rings is 1. The van der Waals surface area contributed by atoms with Gasteiger partial charge in [0.25, 0.3) is 0 Å². The number of methoxy groups -OCH3 is 2. The number of nitrogens with one attached hydrogen (secondary N) is 1. The van der Waals surface area contributed by atoms with E-state index in [4.69, 9.17) is 9.47 Å². The van der Waals surface area contributed by atoms with Crippen molar-refractivity contribution in [3.05, 3.63) is 23.9 Å². The van der Waals surface area contributed by atoms with Crippen LogP contribution in [0.2, 0.25) is 0 Å². The molecule has 0 amide bonds. The molecule has 0 saturated heterocycles. The smallest absolute Gasteiger partial charge is 0.227 e. The van der Waals surface area contributed by atoms with Gasteiger partial charge in [0.1, 0.15) is 11.5 Å². The molecule has 2 aromatic rings. The molecular weight excluding hydrogens is 222 g/mol. The Morgan fingerprint density at radius 2 is 2.06 bits per heavy atom. The van der Waals surface area contributed by atoms with E-state index in [0.29, 0.717) is 28.0 Å². The Morgan fingerprint density at radius 1 is 1.29 bits per heavy atom. The first-order chi connectivity index (χ1) is 8.21. The van der Waals surface area contributed by atoms with Gasteiger partial charge in [0, 0.05) is 17.6 Å². The number of hydrogen-bond donors (Lipinski definition) is 1. The van der Waals surface area contributed by atoms with Gasteiger partial charge in [-0.2, -0.15) is 0 Å². The number of rotatable bonds is 4. The van der Waals surface area contributed by atoms with Crippen molar-refractivity contribution in [2.24, 2.45) is 0 Å². The molecule has 5 nitrogen and oxygen atoms in total. The maximum absolute atomic E-state index is 11.4. The molecule has 0 radical (unpaired) electrons. The van der Waals surface area contributed by atoms with Gasteiger partial charge in [0.2, 0.25) is 5.78 Å². The molecule has 0 aliphatic rings. The molecule has 2 rings (SSSR count). The zero-order valence-electron chi connectivity index (χ0n) is 9.44. The molecule has 0 bridgehead atoms. The minimum absolute atomic E-state index is 0.286. The van der Waals surface area contributed by atoms with E-state index in [2.05, 4.69) is 4.98 Å². The summed E-state index contributed by atoms with van der Waals surface area (Å²) in [7, 11) is 3.05. The summed E-state index contributed by atoms with van der Waals surface area (Å²) in [5, 5.41) is 0.610. The monoisotopic (exact) mass is 233 g/mol. The van der Waals surface area contributed by atoms with Crippen LogP contribution in [0.15, 0.2) is 18.3 Å². The van der Waals surface area contributed by atoms with Crippen LogP contribution in [-0.4, -0.2) is 31.3 Å². The van der Waals surface area contributed by atoms with Gasteiger partial charge in [-0.3, -0.25) is 9.59 Å². The van der Waals surface area contributed by atoms with E-state index in [-0.39, 0.29) is 6.29 Å². The summed E-state index contributed by atoms with van der Waals surface area (Å²) in [4.78, 5) is 24.9. The zero-order chi connectivity index (χ0) is 12.4. The second-order valence-corrected chi connectivity index (χ2v) is 3.44. The third-order valence-corrected chi connectivity index (χ3v) is 2.55. The first kappa shape index (κ1) is 11.2. The number of aromatic amines is 1. The summed E-state index contributed by atoms with van der Waals surface area (Å²) in [5.74, 6) is 0.546. The van der Waals surface area contributed by atoms with Crippen LogP contribution in [0, 0.1) is 0 Å². The topological polar surface area (TPSA) is 68.4 Å². The first-order valence-corrected chi connectivity index (χ1v) is 4.94. The summed E-state index contributed by atoms with van der Waals surface area (Å²) in [6, 6.07) is 3.39. The Hall–Kier alpha value is -2.30. The minimum atomic E-state index is -0.577. The van der Waals surface area contributed by atoms with Crippen LogP contribution in [0.5, 0.6) is 11.5 Å². The van der Waals surface area contributed by atoms with Crippen molar-refractivity contribution in [3.8, 4) is 11.5 Å². The maximum Gasteiger partial charge on any atom is 0.227 e. The lowest BCUT2D eigenvalue weighted by Crippen LogP contribution is -1.98. The highest BCUT2D eigenvalue weighted by molar-refractivity contribution is 6.36. The summed E-state index contributed by atoms with van der Waals surface area (Å²) in [5.41, 5.74) is 0.978. The van der Waals surface area contributed by atoms with Gasteiger partial charge >= 0.3 is 0 Å². The van der Waals surface area contributed by atoms with Gasteiger partial charge in [-0.25, -0.2) is 0 Å². The molecule has 0 unspecified atom stereocenters. The van der Waals surface area contributed by atoms with Crippen LogP contribution in [0.25, 0.3) is 10.9 Å². The van der Waals surface area contributed by atoms with Gasteiger partial charge < -0.3 is 14.5 Å². The predicted octanol–water partition coefficient (Wildman–Crippen LogP) is 1.57. The van der Waals surface area contributed by atoms with Gasteiger partial charge in [-0.1, -0.05) is 0 Å². The number of aldehydes is 1. The van der Waals surface area contributed by atoms with Gasteiger partial charge in [-0.15, -0.1) is 0 Å². The number of Topliss-reactive ketones (excluding diaryl/α,β-unsaturated/α-hetero) is 1. The van der Waals surface area contributed by atoms with Crippen LogP contribution in [-0.2, 0) is 4.79 Å². The van der Waals surface area contributed by atoms with Crippen LogP contribution in [0.1, 0.15) is 10.4 Å². The minimum Gasteiger partial charge on any atom is -0.497 e. The molecule has 88 valence electrons. The molecule has 1 aromatic carbocycles. The van der Waals surface area contributed by atoms with Gasteiger partial charge in [-0.05, 0) is 6.07 Å². The Balaban J connectivity index is 2.74. The lowest BCUT2D eigenvalue weighted by atomic mass is 10.1. The number of carbonyl (C=O) groups is 2. The molecule has 17 heavy (non-hydrogen) atoms. The van der Waals surface area contributed by atoms with Gasteiger partial charge in [0.05, 0.1) is 25.3 Å². The molecule has 5 heteroatoms. The van der Waals surface area contributed by atoms with Crippen molar-refractivity contribution in [2.45, 2.75) is 0 Å². The lowest BCUT2D eigenvalue weighted by molar-refractivity contribution is -0.104. The molecule has 0 aliphatic heterocycles. The molecule has 0 saturated carbocycles. The quantitative estimate of drug-likeness (QED) is 0.494. The third-order valence-electron chi connectivity index (χ3n) is 2.55. The van der Waals surface area contributed by atoms with E-state index in [0.717, 1.165) is 0 Å². The van der Waals surface area contributed by atoms with Crippen molar-refractivity contribution < 1.29 is 19.1 Å². The molecule has 1 aromatic heterocycles. The SMILES string of the molecule is COc1cc(OC)c2[nH]cc(C(=O)C=O)c2c1. The molecule has 0 atom stereocenters. The second kappa shape index (κ2) is 4.29. The highest BCUT2D eigenvalue weighted by atomic mass is 16.5. The summed E-state index contributed by atoms with van der Waals surface area (Å²) >= 11 is 0. The molecule has 1 heterocycles. The van der Waals surface area contributed by atoms with Gasteiger partial charge in [0.15, 0.2) is 6.29 Å². The fourth-order valence-electron chi connectivity index (χ4n) is 1.72. The second-order valence-electron chi connectivity index (χ2n) is 3.44. The van der Waals surface area contributed by atoms with Crippen molar-refractivity contribution in [1.29, 1.82) is 0 Å². The highest BCUT2D eigenvalue weighted by Gasteiger charge is 2.15. The highest BCUT2D eigenvalue weighted by Crippen LogP contribution is 2.32. The third kappa shape index (κ3) is 1.75. The van der Waals surface area contributed by atoms with Crippen LogP contribution < -0.4 is 9.47 Å². The molecule has 0 spiro atoms. The Bertz CT molecular complexity index is 585. The molecular formula is C12H11NO4. The average Bonchev–Trinajstić information content (AvgIpc) is 2.80. The van der Waals surface area contributed by atoms with Crippen LogP contribution >= 0.6 is 0 Å². The summed E-state index contributed by atoms with van der Waals surface area (Å²) in [6.45, 7) is 0. The van der Waals surface area contributed by atoms with E-state index in [9.17, 15) is 9.59 Å². The van der Waals surface area contributed by atoms with E-state index in [1.165, 1.54) is 20.4 Å². The largest absolute Gasteiger partial charge is 0.497 e. The fraction of sp³-hybridized carbons (Fsp3) is 0.167. The fourth-order valence-corrected chi connectivity index (χ4v) is 1.72. The van der Waals surface area contributed by atoms with Crippen molar-refractivity contribution in [1.82, 2.24) is 4.98 Å². The van der Waals surface area contributed by atoms with Crippen molar-refractivity contribution in [3.63, 3.8) is 0 Å². The number of H-pyrrole nitrogens is 1. The van der Waals surface area contributed by atoms with Crippen molar-refractivity contribution >= 4 is 23.0 Å². The standard InChI is InChI=1S/C12H11NO4/c1-16-7-3-8-9(10(15)6-14)5-13-12(8)11(4-7)17-2/h3-6,13H,1-2H3. The number of aromatic nitrogens is 1.